The van der Waals surface area contributed by atoms with E-state index in [9.17, 15) is 0 Å². The predicted molar refractivity (Wildman–Crippen MR) is 37.1 cm³/mol. The molecule has 10 heavy (non-hydrogen) atoms. The third-order valence-electron chi connectivity index (χ3n) is 1.46. The van der Waals surface area contributed by atoms with Gasteiger partial charge in [-0.1, -0.05) is 6.92 Å². The first-order valence-electron chi connectivity index (χ1n) is 3.28. The Labute approximate surface area is 60.3 Å². The van der Waals surface area contributed by atoms with Crippen molar-refractivity contribution in [3.63, 3.8) is 0 Å². The molecule has 0 saturated heterocycles. The number of hydrogen-bond donors (Lipinski definition) is 4. The van der Waals surface area contributed by atoms with E-state index in [1.807, 2.05) is 0 Å². The third-order valence-corrected chi connectivity index (χ3v) is 1.46. The Kier molecular flexibility index (Phi) is 3.24. The van der Waals surface area contributed by atoms with Crippen molar-refractivity contribution in [2.75, 3.05) is 0 Å². The van der Waals surface area contributed by atoms with Gasteiger partial charge in [-0.2, -0.15) is 0 Å². The van der Waals surface area contributed by atoms with E-state index in [0.717, 1.165) is 6.92 Å². The highest BCUT2D eigenvalue weighted by Crippen LogP contribution is 2.08. The Balaban J connectivity index is 3.94. The molecule has 0 rings (SSSR count). The second kappa shape index (κ2) is 3.30. The molecule has 0 amide bonds. The van der Waals surface area contributed by atoms with Crippen LogP contribution in [0.4, 0.5) is 0 Å². The van der Waals surface area contributed by atoms with Crippen LogP contribution in [0.5, 0.6) is 0 Å². The summed E-state index contributed by atoms with van der Waals surface area (Å²) in [7, 11) is 0. The van der Waals surface area contributed by atoms with Crippen LogP contribution in [0.25, 0.3) is 0 Å². The van der Waals surface area contributed by atoms with Gasteiger partial charge < -0.3 is 21.1 Å². The quantitative estimate of drug-likeness (QED) is 0.379. The monoisotopic (exact) mass is 149 g/mol. The average molecular weight is 149 g/mol. The SMILES string of the molecule is CCC(O)C(N)C(C)(O)O. The molecule has 0 saturated carbocycles. The average Bonchev–Trinajstić information content (AvgIpc) is 1.83. The summed E-state index contributed by atoms with van der Waals surface area (Å²) in [4.78, 5) is 0. The largest absolute Gasteiger partial charge is 0.391 e. The second-order valence-electron chi connectivity index (χ2n) is 2.60. The number of aliphatic hydroxyl groups is 3. The molecule has 2 unspecified atom stereocenters. The summed E-state index contributed by atoms with van der Waals surface area (Å²) in [6.45, 7) is 2.87. The molecule has 0 aliphatic heterocycles. The lowest BCUT2D eigenvalue weighted by molar-refractivity contribution is -0.179. The zero-order chi connectivity index (χ0) is 8.36. The Morgan fingerprint density at radius 1 is 1.50 bits per heavy atom. The Hall–Kier alpha value is -0.160. The van der Waals surface area contributed by atoms with Crippen LogP contribution in [-0.2, 0) is 0 Å². The first kappa shape index (κ1) is 9.84. The van der Waals surface area contributed by atoms with Gasteiger partial charge in [0.25, 0.3) is 0 Å². The number of hydrogen-bond acceptors (Lipinski definition) is 4. The van der Waals surface area contributed by atoms with Crippen molar-refractivity contribution >= 4 is 0 Å². The van der Waals surface area contributed by atoms with Gasteiger partial charge in [-0.05, 0) is 13.3 Å². The van der Waals surface area contributed by atoms with Crippen LogP contribution in [0.15, 0.2) is 0 Å². The summed E-state index contributed by atoms with van der Waals surface area (Å²) in [6, 6.07) is -1.00. The van der Waals surface area contributed by atoms with Crippen molar-refractivity contribution < 1.29 is 15.3 Å². The lowest BCUT2D eigenvalue weighted by atomic mass is 10.0. The molecule has 0 aromatic carbocycles. The van der Waals surface area contributed by atoms with Crippen molar-refractivity contribution in [1.29, 1.82) is 0 Å². The van der Waals surface area contributed by atoms with Gasteiger partial charge in [-0.15, -0.1) is 0 Å². The van der Waals surface area contributed by atoms with Gasteiger partial charge in [-0.25, -0.2) is 0 Å². The van der Waals surface area contributed by atoms with Crippen LogP contribution < -0.4 is 5.73 Å². The van der Waals surface area contributed by atoms with E-state index in [0.29, 0.717) is 6.42 Å². The summed E-state index contributed by atoms with van der Waals surface area (Å²) < 4.78 is 0. The van der Waals surface area contributed by atoms with Gasteiger partial charge in [0.15, 0.2) is 5.79 Å². The fourth-order valence-electron chi connectivity index (χ4n) is 0.618. The zero-order valence-electron chi connectivity index (χ0n) is 6.28. The lowest BCUT2D eigenvalue weighted by Crippen LogP contribution is -2.52. The van der Waals surface area contributed by atoms with Crippen LogP contribution in [0, 0.1) is 0 Å². The second-order valence-corrected chi connectivity index (χ2v) is 2.60. The Bertz CT molecular complexity index is 99.7. The smallest absolute Gasteiger partial charge is 0.177 e. The van der Waals surface area contributed by atoms with Crippen LogP contribution >= 0.6 is 0 Å². The Morgan fingerprint density at radius 2 is 1.90 bits per heavy atom. The van der Waals surface area contributed by atoms with Gasteiger partial charge in [0.05, 0.1) is 12.1 Å². The minimum Gasteiger partial charge on any atom is -0.391 e. The summed E-state index contributed by atoms with van der Waals surface area (Å²) in [5.41, 5.74) is 5.25. The molecule has 0 fully saturated rings. The van der Waals surface area contributed by atoms with Gasteiger partial charge in [0.2, 0.25) is 0 Å². The third kappa shape index (κ3) is 2.62. The van der Waals surface area contributed by atoms with Crippen LogP contribution in [-0.4, -0.2) is 33.3 Å². The highest BCUT2D eigenvalue weighted by Gasteiger charge is 2.30. The molecule has 62 valence electrons. The molecular formula is C6H15NO3. The minimum absolute atomic E-state index is 0.415. The van der Waals surface area contributed by atoms with Crippen molar-refractivity contribution in [2.45, 2.75) is 38.2 Å². The number of aliphatic hydroxyl groups excluding tert-OH is 1. The lowest BCUT2D eigenvalue weighted by Gasteiger charge is -2.27. The highest BCUT2D eigenvalue weighted by atomic mass is 16.5. The number of nitrogens with two attached hydrogens (primary N) is 1. The van der Waals surface area contributed by atoms with E-state index in [-0.39, 0.29) is 0 Å². The highest BCUT2D eigenvalue weighted by molar-refractivity contribution is 4.80. The summed E-state index contributed by atoms with van der Waals surface area (Å²) in [6.07, 6.45) is -0.447. The van der Waals surface area contributed by atoms with Gasteiger partial charge in [-0.3, -0.25) is 0 Å². The van der Waals surface area contributed by atoms with Crippen molar-refractivity contribution in [1.82, 2.24) is 0 Å². The predicted octanol–water partition coefficient (Wildman–Crippen LogP) is -1.21. The molecule has 0 spiro atoms. The molecule has 2 atom stereocenters. The van der Waals surface area contributed by atoms with E-state index in [4.69, 9.17) is 21.1 Å². The standard InChI is InChI=1S/C6H15NO3/c1-3-4(8)5(7)6(2,9)10/h4-5,8-10H,3,7H2,1-2H3. The maximum atomic E-state index is 9.02. The molecule has 0 heterocycles. The fraction of sp³-hybridized carbons (Fsp3) is 1.00. The molecule has 0 radical (unpaired) electrons. The van der Waals surface area contributed by atoms with E-state index in [1.54, 1.807) is 6.92 Å². The van der Waals surface area contributed by atoms with Crippen molar-refractivity contribution in [2.24, 2.45) is 5.73 Å². The molecule has 4 nitrogen and oxygen atoms in total. The molecule has 0 aromatic rings. The van der Waals surface area contributed by atoms with Crippen LogP contribution in [0.3, 0.4) is 0 Å². The molecule has 4 heteroatoms. The first-order valence-corrected chi connectivity index (χ1v) is 3.28. The number of rotatable bonds is 3. The van der Waals surface area contributed by atoms with E-state index in [2.05, 4.69) is 0 Å². The minimum atomic E-state index is -1.99. The van der Waals surface area contributed by atoms with Gasteiger partial charge >= 0.3 is 0 Å². The summed E-state index contributed by atoms with van der Waals surface area (Å²) >= 11 is 0. The molecule has 0 aliphatic rings. The fourth-order valence-corrected chi connectivity index (χ4v) is 0.618. The normalized spacial score (nSPS) is 18.6. The maximum absolute atomic E-state index is 9.02. The van der Waals surface area contributed by atoms with E-state index >= 15 is 0 Å². The maximum Gasteiger partial charge on any atom is 0.177 e. The van der Waals surface area contributed by atoms with Crippen LogP contribution in [0.2, 0.25) is 0 Å². The molecule has 0 bridgehead atoms. The van der Waals surface area contributed by atoms with E-state index < -0.39 is 17.9 Å². The Morgan fingerprint density at radius 3 is 2.00 bits per heavy atom. The van der Waals surface area contributed by atoms with Gasteiger partial charge in [0, 0.05) is 0 Å². The molecular weight excluding hydrogens is 134 g/mol. The first-order chi connectivity index (χ1) is 4.39. The van der Waals surface area contributed by atoms with E-state index in [1.165, 1.54) is 0 Å². The summed E-state index contributed by atoms with van der Waals surface area (Å²) in [5, 5.41) is 26.7. The zero-order valence-corrected chi connectivity index (χ0v) is 6.28. The van der Waals surface area contributed by atoms with Gasteiger partial charge in [0.1, 0.15) is 0 Å². The molecule has 0 aromatic heterocycles. The molecule has 0 aliphatic carbocycles. The van der Waals surface area contributed by atoms with Crippen LogP contribution in [0.1, 0.15) is 20.3 Å². The molecule has 5 N–H and O–H groups in total. The van der Waals surface area contributed by atoms with Crippen molar-refractivity contribution in [3.8, 4) is 0 Å². The topological polar surface area (TPSA) is 86.7 Å². The summed E-state index contributed by atoms with van der Waals surface area (Å²) in [5.74, 6) is -1.99. The van der Waals surface area contributed by atoms with Crippen molar-refractivity contribution in [3.05, 3.63) is 0 Å².